The van der Waals surface area contributed by atoms with Crippen molar-refractivity contribution in [3.05, 3.63) is 59.7 Å². The van der Waals surface area contributed by atoms with Crippen molar-refractivity contribution < 1.29 is 29.0 Å². The number of anilines is 1. The normalized spacial score (nSPS) is 16.6. The molecule has 0 aliphatic carbocycles. The van der Waals surface area contributed by atoms with Crippen molar-refractivity contribution in [3.63, 3.8) is 0 Å². The smallest absolute Gasteiger partial charge is 0.254 e. The van der Waals surface area contributed by atoms with E-state index in [4.69, 9.17) is 19.4 Å². The summed E-state index contributed by atoms with van der Waals surface area (Å²) in [5, 5.41) is 11.5. The van der Waals surface area contributed by atoms with Gasteiger partial charge in [-0.05, 0) is 41.5 Å². The van der Waals surface area contributed by atoms with Crippen LogP contribution in [0.5, 0.6) is 11.5 Å². The van der Waals surface area contributed by atoms with Gasteiger partial charge < -0.3 is 19.5 Å². The topological polar surface area (TPSA) is 106 Å². The van der Waals surface area contributed by atoms with Gasteiger partial charge in [-0.15, -0.1) is 0 Å². The lowest BCUT2D eigenvalue weighted by Gasteiger charge is -2.18. The van der Waals surface area contributed by atoms with Crippen molar-refractivity contribution in [3.8, 4) is 11.5 Å². The van der Waals surface area contributed by atoms with Gasteiger partial charge >= 0.3 is 0 Å². The van der Waals surface area contributed by atoms with Crippen LogP contribution in [-0.4, -0.2) is 36.8 Å². The fourth-order valence-electron chi connectivity index (χ4n) is 2.85. The number of amides is 2. The van der Waals surface area contributed by atoms with Gasteiger partial charge in [0, 0.05) is 0 Å². The largest absolute Gasteiger partial charge is 0.497 e. The van der Waals surface area contributed by atoms with E-state index in [-0.39, 0.29) is 19.6 Å². The van der Waals surface area contributed by atoms with Gasteiger partial charge in [0.15, 0.2) is 0 Å². The number of carbonyl (C=O) groups excluding carboxylic acids is 2. The maximum atomic E-state index is 12.6. The zero-order valence-corrected chi connectivity index (χ0v) is 15.9. The molecule has 0 aromatic heterocycles. The number of benzene rings is 2. The molecule has 152 valence electrons. The minimum atomic E-state index is -1.09. The SMILES string of the molecule is COc1cc2cc(c1)COc1ccccc1NC(=O)C(CC(=O)NO)OCC=C2. The summed E-state index contributed by atoms with van der Waals surface area (Å²) in [6, 6.07) is 12.7. The third-order valence-corrected chi connectivity index (χ3v) is 4.26. The van der Waals surface area contributed by atoms with Crippen LogP contribution in [0.25, 0.3) is 6.08 Å². The maximum absolute atomic E-state index is 12.6. The van der Waals surface area contributed by atoms with Gasteiger partial charge in [0.05, 0.1) is 25.8 Å². The fourth-order valence-corrected chi connectivity index (χ4v) is 2.85. The zero-order chi connectivity index (χ0) is 20.6. The maximum Gasteiger partial charge on any atom is 0.254 e. The van der Waals surface area contributed by atoms with E-state index in [1.165, 1.54) is 5.48 Å². The first-order valence-electron chi connectivity index (χ1n) is 9.01. The minimum absolute atomic E-state index is 0.0987. The molecule has 0 saturated heterocycles. The van der Waals surface area contributed by atoms with E-state index in [9.17, 15) is 9.59 Å². The molecule has 2 amide bonds. The van der Waals surface area contributed by atoms with Crippen LogP contribution in [0.3, 0.4) is 0 Å². The Bertz CT molecular complexity index is 912. The number of hydrogen-bond acceptors (Lipinski definition) is 6. The van der Waals surface area contributed by atoms with Gasteiger partial charge in [0.1, 0.15) is 24.2 Å². The van der Waals surface area contributed by atoms with Gasteiger partial charge in [-0.2, -0.15) is 0 Å². The molecule has 2 aromatic rings. The molecule has 8 heteroatoms. The van der Waals surface area contributed by atoms with Crippen LogP contribution in [0.4, 0.5) is 5.69 Å². The average molecular weight is 398 g/mol. The Kier molecular flexibility index (Phi) is 6.83. The zero-order valence-electron chi connectivity index (χ0n) is 15.9. The Labute approximate surface area is 168 Å². The molecule has 0 saturated carbocycles. The monoisotopic (exact) mass is 398 g/mol. The Morgan fingerprint density at radius 2 is 2.14 bits per heavy atom. The van der Waals surface area contributed by atoms with Crippen LogP contribution in [0.15, 0.2) is 48.5 Å². The summed E-state index contributed by atoms with van der Waals surface area (Å²) in [6.07, 6.45) is 2.13. The quantitative estimate of drug-likeness (QED) is 0.542. The molecule has 1 unspecified atom stereocenters. The van der Waals surface area contributed by atoms with Crippen molar-refractivity contribution >= 4 is 23.6 Å². The first-order valence-corrected chi connectivity index (χ1v) is 9.01. The van der Waals surface area contributed by atoms with Gasteiger partial charge in [-0.3, -0.25) is 14.8 Å². The highest BCUT2D eigenvalue weighted by Crippen LogP contribution is 2.27. The Morgan fingerprint density at radius 1 is 1.31 bits per heavy atom. The van der Waals surface area contributed by atoms with Gasteiger partial charge in [0.25, 0.3) is 5.91 Å². The number of nitrogens with one attached hydrogen (secondary N) is 2. The molecule has 0 fully saturated rings. The molecule has 3 N–H and O–H groups in total. The number of para-hydroxylation sites is 2. The Balaban J connectivity index is 1.94. The molecule has 0 spiro atoms. The van der Waals surface area contributed by atoms with Crippen molar-refractivity contribution in [2.75, 3.05) is 19.0 Å². The van der Waals surface area contributed by atoms with Crippen LogP contribution in [-0.2, 0) is 20.9 Å². The van der Waals surface area contributed by atoms with Crippen molar-refractivity contribution in [2.24, 2.45) is 0 Å². The van der Waals surface area contributed by atoms with Gasteiger partial charge in [0.2, 0.25) is 5.91 Å². The number of carbonyl (C=O) groups is 2. The number of rotatable bonds is 3. The Hall–Kier alpha value is -3.36. The summed E-state index contributed by atoms with van der Waals surface area (Å²) in [5.41, 5.74) is 3.75. The number of hydrogen-bond donors (Lipinski definition) is 3. The standard InChI is InChI=1S/C21H22N2O6/c1-27-16-10-14-5-4-8-28-19(12-20(24)23-26)21(25)22-17-6-2-3-7-18(17)29-13-15(9-14)11-16/h2-7,9-11,19,26H,8,12-13H2,1H3,(H,22,25)(H,23,24). The molecule has 8 nitrogen and oxygen atoms in total. The second-order valence-corrected chi connectivity index (χ2v) is 6.35. The highest BCUT2D eigenvalue weighted by Gasteiger charge is 2.23. The summed E-state index contributed by atoms with van der Waals surface area (Å²) in [4.78, 5) is 24.2. The van der Waals surface area contributed by atoms with Gasteiger partial charge in [-0.25, -0.2) is 5.48 Å². The number of fused-ring (bicyclic) bond motifs is 3. The van der Waals surface area contributed by atoms with Crippen LogP contribution in [0.1, 0.15) is 17.5 Å². The molecule has 0 radical (unpaired) electrons. The molecule has 29 heavy (non-hydrogen) atoms. The van der Waals surface area contributed by atoms with E-state index in [2.05, 4.69) is 5.32 Å². The number of methoxy groups -OCH3 is 1. The van der Waals surface area contributed by atoms with Crippen LogP contribution in [0, 0.1) is 0 Å². The first kappa shape index (κ1) is 20.4. The van der Waals surface area contributed by atoms with Crippen LogP contribution >= 0.6 is 0 Å². The molecule has 1 aliphatic rings. The number of ether oxygens (including phenoxy) is 3. The highest BCUT2D eigenvalue weighted by atomic mass is 16.5. The molecule has 1 aliphatic heterocycles. The molecular weight excluding hydrogens is 376 g/mol. The lowest BCUT2D eigenvalue weighted by molar-refractivity contribution is -0.138. The lowest BCUT2D eigenvalue weighted by Crippen LogP contribution is -2.35. The molecule has 2 aromatic carbocycles. The van der Waals surface area contributed by atoms with E-state index in [0.29, 0.717) is 17.2 Å². The Morgan fingerprint density at radius 3 is 2.93 bits per heavy atom. The number of hydroxylamine groups is 1. The van der Waals surface area contributed by atoms with Crippen molar-refractivity contribution in [1.82, 2.24) is 5.48 Å². The van der Waals surface area contributed by atoms with Crippen molar-refractivity contribution in [2.45, 2.75) is 19.1 Å². The molecule has 1 atom stereocenters. The molecule has 1 heterocycles. The lowest BCUT2D eigenvalue weighted by atomic mass is 10.1. The third kappa shape index (κ3) is 5.56. The van der Waals surface area contributed by atoms with Crippen LogP contribution in [0.2, 0.25) is 0 Å². The summed E-state index contributed by atoms with van der Waals surface area (Å²) in [7, 11) is 1.59. The summed E-state index contributed by atoms with van der Waals surface area (Å²) >= 11 is 0. The van der Waals surface area contributed by atoms with E-state index < -0.39 is 17.9 Å². The predicted octanol–water partition coefficient (Wildman–Crippen LogP) is 2.52. The second-order valence-electron chi connectivity index (χ2n) is 6.35. The molecule has 3 rings (SSSR count). The summed E-state index contributed by atoms with van der Waals surface area (Å²) in [5.74, 6) is -0.0754. The second kappa shape index (κ2) is 9.72. The van der Waals surface area contributed by atoms with Crippen LogP contribution < -0.4 is 20.3 Å². The predicted molar refractivity (Wildman–Crippen MR) is 106 cm³/mol. The molecule has 2 bridgehead atoms. The van der Waals surface area contributed by atoms with E-state index in [1.807, 2.05) is 24.3 Å². The summed E-state index contributed by atoms with van der Waals surface area (Å²) in [6.45, 7) is 0.374. The van der Waals surface area contributed by atoms with E-state index in [0.717, 1.165) is 11.1 Å². The van der Waals surface area contributed by atoms with Crippen molar-refractivity contribution in [1.29, 1.82) is 0 Å². The summed E-state index contributed by atoms with van der Waals surface area (Å²) < 4.78 is 16.8. The first-order chi connectivity index (χ1) is 14.1. The third-order valence-electron chi connectivity index (χ3n) is 4.26. The average Bonchev–Trinajstić information content (AvgIpc) is 2.74. The minimum Gasteiger partial charge on any atom is -0.497 e. The fraction of sp³-hybridized carbons (Fsp3) is 0.238. The molecular formula is C21H22N2O6. The highest BCUT2D eigenvalue weighted by molar-refractivity contribution is 5.97. The van der Waals surface area contributed by atoms with Gasteiger partial charge in [-0.1, -0.05) is 24.3 Å². The van der Waals surface area contributed by atoms with E-state index >= 15 is 0 Å². The van der Waals surface area contributed by atoms with E-state index in [1.54, 1.807) is 37.5 Å².